The average molecular weight is 246 g/mol. The quantitative estimate of drug-likeness (QED) is 0.845. The van der Waals surface area contributed by atoms with E-state index < -0.39 is 0 Å². The van der Waals surface area contributed by atoms with Gasteiger partial charge in [-0.25, -0.2) is 0 Å². The summed E-state index contributed by atoms with van der Waals surface area (Å²) in [6.07, 6.45) is 2.72. The number of aromatic amines is 1. The summed E-state index contributed by atoms with van der Waals surface area (Å²) in [7, 11) is 0. The predicted molar refractivity (Wildman–Crippen MR) is 70.8 cm³/mol. The number of hydrogen-bond donors (Lipinski definition) is 1. The molecule has 0 saturated heterocycles. The summed E-state index contributed by atoms with van der Waals surface area (Å²) in [6.45, 7) is 2.82. The Balaban J connectivity index is 2.38. The number of nitrogens with one attached hydrogen (secondary N) is 1. The molecule has 88 valence electrons. The first-order valence-electron chi connectivity index (χ1n) is 5.57. The molecule has 2 rings (SSSR count). The zero-order valence-electron chi connectivity index (χ0n) is 9.64. The Labute approximate surface area is 105 Å². The van der Waals surface area contributed by atoms with Crippen molar-refractivity contribution >= 4 is 12.2 Å². The molecule has 17 heavy (non-hydrogen) atoms. The Morgan fingerprint density at radius 2 is 1.94 bits per heavy atom. The number of benzene rings is 1. The van der Waals surface area contributed by atoms with Gasteiger partial charge in [-0.2, -0.15) is 0 Å². The second kappa shape index (κ2) is 5.10. The normalized spacial score (nSPS) is 10.4. The Bertz CT molecular complexity index is 628. The standard InChI is InChI=1S/C13H14N2OS/c1-2-10-5-3-4-6-11(10)9-15-8-7-12(16)14-13(15)17/h3-8H,2,9H2,1H3,(H,14,16,17). The van der Waals surface area contributed by atoms with Gasteiger partial charge in [0.15, 0.2) is 4.77 Å². The molecule has 0 unspecified atom stereocenters. The lowest BCUT2D eigenvalue weighted by Gasteiger charge is -2.10. The lowest BCUT2D eigenvalue weighted by atomic mass is 10.1. The van der Waals surface area contributed by atoms with E-state index in [0.29, 0.717) is 11.3 Å². The topological polar surface area (TPSA) is 37.8 Å². The van der Waals surface area contributed by atoms with Crippen LogP contribution in [0.2, 0.25) is 0 Å². The molecule has 1 aromatic carbocycles. The van der Waals surface area contributed by atoms with Crippen molar-refractivity contribution in [3.05, 3.63) is 62.8 Å². The first-order chi connectivity index (χ1) is 8.20. The van der Waals surface area contributed by atoms with Crippen LogP contribution in [0.3, 0.4) is 0 Å². The molecule has 0 saturated carbocycles. The van der Waals surface area contributed by atoms with Crippen LogP contribution in [-0.4, -0.2) is 9.55 Å². The lowest BCUT2D eigenvalue weighted by molar-refractivity contribution is 0.738. The van der Waals surface area contributed by atoms with Gasteiger partial charge in [-0.1, -0.05) is 31.2 Å². The molecular formula is C13H14N2OS. The van der Waals surface area contributed by atoms with Crippen LogP contribution >= 0.6 is 12.2 Å². The van der Waals surface area contributed by atoms with Crippen LogP contribution in [0.4, 0.5) is 0 Å². The minimum atomic E-state index is -0.157. The van der Waals surface area contributed by atoms with Crippen LogP contribution in [-0.2, 0) is 13.0 Å². The van der Waals surface area contributed by atoms with Crippen molar-refractivity contribution < 1.29 is 0 Å². The van der Waals surface area contributed by atoms with E-state index in [9.17, 15) is 4.79 Å². The van der Waals surface area contributed by atoms with Gasteiger partial charge in [0.25, 0.3) is 5.56 Å². The minimum absolute atomic E-state index is 0.157. The van der Waals surface area contributed by atoms with Gasteiger partial charge in [0.1, 0.15) is 0 Å². The molecule has 0 atom stereocenters. The van der Waals surface area contributed by atoms with Crippen LogP contribution in [0.1, 0.15) is 18.1 Å². The molecule has 2 aromatic rings. The van der Waals surface area contributed by atoms with Gasteiger partial charge in [0, 0.05) is 18.8 Å². The van der Waals surface area contributed by atoms with Crippen LogP contribution in [0.15, 0.2) is 41.3 Å². The minimum Gasteiger partial charge on any atom is -0.321 e. The fourth-order valence-corrected chi connectivity index (χ4v) is 2.03. The molecule has 0 aliphatic heterocycles. The van der Waals surface area contributed by atoms with Crippen LogP contribution < -0.4 is 5.56 Å². The summed E-state index contributed by atoms with van der Waals surface area (Å²) >= 11 is 5.13. The third kappa shape index (κ3) is 2.71. The van der Waals surface area contributed by atoms with E-state index in [-0.39, 0.29) is 5.56 Å². The van der Waals surface area contributed by atoms with Gasteiger partial charge in [-0.05, 0) is 29.8 Å². The number of hydrogen-bond acceptors (Lipinski definition) is 2. The summed E-state index contributed by atoms with van der Waals surface area (Å²) < 4.78 is 2.33. The van der Waals surface area contributed by atoms with Crippen molar-refractivity contribution in [3.8, 4) is 0 Å². The molecule has 0 aliphatic rings. The monoisotopic (exact) mass is 246 g/mol. The van der Waals surface area contributed by atoms with Crippen molar-refractivity contribution in [2.45, 2.75) is 19.9 Å². The van der Waals surface area contributed by atoms with E-state index in [1.807, 2.05) is 16.7 Å². The molecule has 0 fully saturated rings. The van der Waals surface area contributed by atoms with E-state index in [2.05, 4.69) is 24.0 Å². The van der Waals surface area contributed by atoms with Gasteiger partial charge in [0.05, 0.1) is 0 Å². The van der Waals surface area contributed by atoms with Crippen molar-refractivity contribution in [3.63, 3.8) is 0 Å². The summed E-state index contributed by atoms with van der Waals surface area (Å²) in [5.41, 5.74) is 2.38. The molecule has 1 aromatic heterocycles. The van der Waals surface area contributed by atoms with Crippen LogP contribution in [0.25, 0.3) is 0 Å². The Kier molecular flexibility index (Phi) is 3.54. The van der Waals surface area contributed by atoms with Crippen molar-refractivity contribution in [1.82, 2.24) is 9.55 Å². The zero-order chi connectivity index (χ0) is 12.3. The van der Waals surface area contributed by atoms with Crippen molar-refractivity contribution in [1.29, 1.82) is 0 Å². The van der Waals surface area contributed by atoms with E-state index in [1.54, 1.807) is 6.20 Å². The maximum absolute atomic E-state index is 11.1. The highest BCUT2D eigenvalue weighted by Crippen LogP contribution is 2.10. The Hall–Kier alpha value is -1.68. The van der Waals surface area contributed by atoms with Gasteiger partial charge >= 0.3 is 0 Å². The molecular weight excluding hydrogens is 232 g/mol. The average Bonchev–Trinajstić information content (AvgIpc) is 2.33. The van der Waals surface area contributed by atoms with Crippen LogP contribution in [0.5, 0.6) is 0 Å². The molecule has 0 aliphatic carbocycles. The molecule has 1 heterocycles. The fraction of sp³-hybridized carbons (Fsp3) is 0.231. The maximum atomic E-state index is 11.1. The number of aryl methyl sites for hydroxylation is 1. The number of nitrogens with zero attached hydrogens (tertiary/aromatic N) is 1. The van der Waals surface area contributed by atoms with Crippen molar-refractivity contribution in [2.75, 3.05) is 0 Å². The summed E-state index contributed by atoms with van der Waals surface area (Å²) in [6, 6.07) is 9.75. The fourth-order valence-electron chi connectivity index (χ4n) is 1.81. The molecule has 0 amide bonds. The Morgan fingerprint density at radius 1 is 1.24 bits per heavy atom. The number of rotatable bonds is 3. The smallest absolute Gasteiger partial charge is 0.251 e. The first-order valence-corrected chi connectivity index (χ1v) is 5.98. The molecule has 3 nitrogen and oxygen atoms in total. The Morgan fingerprint density at radius 3 is 2.59 bits per heavy atom. The molecule has 0 bridgehead atoms. The summed E-state index contributed by atoms with van der Waals surface area (Å²) in [5.74, 6) is 0. The zero-order valence-corrected chi connectivity index (χ0v) is 10.5. The van der Waals surface area contributed by atoms with E-state index in [4.69, 9.17) is 12.2 Å². The first kappa shape index (κ1) is 11.8. The third-order valence-corrected chi connectivity index (χ3v) is 3.07. The third-order valence-electron chi connectivity index (χ3n) is 2.74. The molecule has 0 radical (unpaired) electrons. The highest BCUT2D eigenvalue weighted by molar-refractivity contribution is 7.71. The molecule has 4 heteroatoms. The lowest BCUT2D eigenvalue weighted by Crippen LogP contribution is -2.12. The molecule has 1 N–H and O–H groups in total. The van der Waals surface area contributed by atoms with Gasteiger partial charge in [0.2, 0.25) is 0 Å². The van der Waals surface area contributed by atoms with Gasteiger partial charge in [-0.3, -0.25) is 9.78 Å². The second-order valence-corrected chi connectivity index (χ2v) is 4.25. The highest BCUT2D eigenvalue weighted by atomic mass is 32.1. The van der Waals surface area contributed by atoms with E-state index in [1.165, 1.54) is 17.2 Å². The molecule has 0 spiro atoms. The van der Waals surface area contributed by atoms with E-state index >= 15 is 0 Å². The maximum Gasteiger partial charge on any atom is 0.251 e. The van der Waals surface area contributed by atoms with Gasteiger partial charge < -0.3 is 4.57 Å². The number of aromatic nitrogens is 2. The van der Waals surface area contributed by atoms with Crippen LogP contribution in [0, 0.1) is 4.77 Å². The largest absolute Gasteiger partial charge is 0.321 e. The highest BCUT2D eigenvalue weighted by Gasteiger charge is 2.01. The van der Waals surface area contributed by atoms with Gasteiger partial charge in [-0.15, -0.1) is 0 Å². The SMILES string of the molecule is CCc1ccccc1Cn1ccc(=O)[nH]c1=S. The summed E-state index contributed by atoms with van der Waals surface area (Å²) in [4.78, 5) is 13.7. The number of H-pyrrole nitrogens is 1. The predicted octanol–water partition coefficient (Wildman–Crippen LogP) is 2.52. The summed E-state index contributed by atoms with van der Waals surface area (Å²) in [5, 5.41) is 0. The van der Waals surface area contributed by atoms with E-state index in [0.717, 1.165) is 6.42 Å². The second-order valence-electron chi connectivity index (χ2n) is 3.86. The van der Waals surface area contributed by atoms with Crippen molar-refractivity contribution in [2.24, 2.45) is 0 Å².